The normalized spacial score (nSPS) is 15.8. The number of rotatable bonds is 6. The summed E-state index contributed by atoms with van der Waals surface area (Å²) < 4.78 is 0. The van der Waals surface area contributed by atoms with Gasteiger partial charge in [-0.15, -0.1) is 0 Å². The molecule has 2 aromatic rings. The van der Waals surface area contributed by atoms with Gasteiger partial charge in [-0.05, 0) is 44.5 Å². The van der Waals surface area contributed by atoms with Crippen LogP contribution in [0.25, 0.3) is 0 Å². The van der Waals surface area contributed by atoms with Crippen molar-refractivity contribution < 1.29 is 9.85 Å². The molecule has 0 saturated carbocycles. The van der Waals surface area contributed by atoms with Crippen molar-refractivity contribution >= 4 is 11.4 Å². The van der Waals surface area contributed by atoms with Gasteiger partial charge in [0, 0.05) is 49.4 Å². The van der Waals surface area contributed by atoms with Crippen molar-refractivity contribution in [3.05, 3.63) is 78.9 Å². The molecular formula is C21H26N4O4. The summed E-state index contributed by atoms with van der Waals surface area (Å²) in [4.78, 5) is 26.3. The molecule has 0 radical (unpaired) electrons. The van der Waals surface area contributed by atoms with E-state index >= 15 is 0 Å². The Balaban J connectivity index is 1.65. The average molecular weight is 398 g/mol. The third-order valence-electron chi connectivity index (χ3n) is 5.70. The number of nitrogens with zero attached hydrogens (tertiary/aromatic N) is 4. The van der Waals surface area contributed by atoms with Crippen LogP contribution in [0.2, 0.25) is 0 Å². The summed E-state index contributed by atoms with van der Waals surface area (Å²) in [5.74, 6) is 0. The van der Waals surface area contributed by atoms with Crippen molar-refractivity contribution in [3.63, 3.8) is 0 Å². The summed E-state index contributed by atoms with van der Waals surface area (Å²) in [6, 6.07) is 10.5. The Hall–Kier alpha value is -2.84. The van der Waals surface area contributed by atoms with Crippen LogP contribution < -0.4 is 0 Å². The summed E-state index contributed by atoms with van der Waals surface area (Å²) in [5, 5.41) is 22.3. The van der Waals surface area contributed by atoms with E-state index in [1.54, 1.807) is 24.3 Å². The molecule has 1 fully saturated rings. The number of nitro groups is 2. The summed E-state index contributed by atoms with van der Waals surface area (Å²) >= 11 is 0. The van der Waals surface area contributed by atoms with Gasteiger partial charge in [-0.1, -0.05) is 24.3 Å². The molecule has 154 valence electrons. The number of benzene rings is 2. The maximum atomic E-state index is 11.2. The van der Waals surface area contributed by atoms with Crippen LogP contribution in [0.5, 0.6) is 0 Å². The lowest BCUT2D eigenvalue weighted by molar-refractivity contribution is -0.385. The molecule has 1 heterocycles. The first-order chi connectivity index (χ1) is 13.9. The molecule has 8 heteroatoms. The molecule has 3 rings (SSSR count). The SMILES string of the molecule is Cc1c(CN2CCCN(Cc3cccc([N+](=O)[O-])c3C)CC2)cccc1[N+](=O)[O-]. The van der Waals surface area contributed by atoms with Gasteiger partial charge in [-0.2, -0.15) is 0 Å². The zero-order valence-electron chi connectivity index (χ0n) is 16.8. The molecule has 29 heavy (non-hydrogen) atoms. The zero-order chi connectivity index (χ0) is 21.0. The minimum atomic E-state index is -0.329. The lowest BCUT2D eigenvalue weighted by Gasteiger charge is -2.23. The zero-order valence-corrected chi connectivity index (χ0v) is 16.8. The molecule has 8 nitrogen and oxygen atoms in total. The van der Waals surface area contributed by atoms with Gasteiger partial charge >= 0.3 is 0 Å². The first-order valence-electron chi connectivity index (χ1n) is 9.77. The molecule has 0 spiro atoms. The van der Waals surface area contributed by atoms with Crippen LogP contribution in [-0.4, -0.2) is 45.8 Å². The second kappa shape index (κ2) is 9.11. The van der Waals surface area contributed by atoms with E-state index in [0.717, 1.165) is 54.9 Å². The van der Waals surface area contributed by atoms with E-state index in [9.17, 15) is 20.2 Å². The topological polar surface area (TPSA) is 92.8 Å². The van der Waals surface area contributed by atoms with Gasteiger partial charge in [-0.25, -0.2) is 0 Å². The first-order valence-corrected chi connectivity index (χ1v) is 9.77. The number of nitro benzene ring substituents is 2. The van der Waals surface area contributed by atoms with Crippen LogP contribution in [-0.2, 0) is 13.1 Å². The molecule has 0 bridgehead atoms. The van der Waals surface area contributed by atoms with Gasteiger partial charge < -0.3 is 0 Å². The maximum absolute atomic E-state index is 11.2. The smallest absolute Gasteiger partial charge is 0.272 e. The second-order valence-corrected chi connectivity index (χ2v) is 7.54. The summed E-state index contributed by atoms with van der Waals surface area (Å²) in [6.07, 6.45) is 0.988. The molecule has 1 saturated heterocycles. The van der Waals surface area contributed by atoms with Crippen molar-refractivity contribution in [2.24, 2.45) is 0 Å². The third kappa shape index (κ3) is 4.96. The van der Waals surface area contributed by atoms with Gasteiger partial charge in [-0.3, -0.25) is 30.0 Å². The van der Waals surface area contributed by atoms with Crippen molar-refractivity contribution in [2.45, 2.75) is 33.4 Å². The molecule has 0 aromatic heterocycles. The Labute approximate surface area is 170 Å². The fourth-order valence-corrected chi connectivity index (χ4v) is 3.90. The molecule has 2 aromatic carbocycles. The first kappa shape index (κ1) is 20.9. The Morgan fingerprint density at radius 1 is 0.759 bits per heavy atom. The second-order valence-electron chi connectivity index (χ2n) is 7.54. The lowest BCUT2D eigenvalue weighted by Crippen LogP contribution is -2.30. The van der Waals surface area contributed by atoms with E-state index < -0.39 is 0 Å². The fraction of sp³-hybridized carbons (Fsp3) is 0.429. The van der Waals surface area contributed by atoms with Crippen LogP contribution >= 0.6 is 0 Å². The van der Waals surface area contributed by atoms with Gasteiger partial charge in [0.25, 0.3) is 11.4 Å². The van der Waals surface area contributed by atoms with E-state index in [-0.39, 0.29) is 21.2 Å². The Bertz CT molecular complexity index is 842. The van der Waals surface area contributed by atoms with E-state index in [0.29, 0.717) is 13.1 Å². The van der Waals surface area contributed by atoms with Crippen molar-refractivity contribution in [1.29, 1.82) is 0 Å². The van der Waals surface area contributed by atoms with E-state index in [1.165, 1.54) is 0 Å². The van der Waals surface area contributed by atoms with Crippen molar-refractivity contribution in [1.82, 2.24) is 9.80 Å². The average Bonchev–Trinajstić information content (AvgIpc) is 2.90. The van der Waals surface area contributed by atoms with Crippen LogP contribution in [0, 0.1) is 34.1 Å². The lowest BCUT2D eigenvalue weighted by atomic mass is 10.1. The maximum Gasteiger partial charge on any atom is 0.272 e. The molecule has 0 amide bonds. The van der Waals surface area contributed by atoms with E-state index in [1.807, 2.05) is 26.0 Å². The minimum Gasteiger partial charge on any atom is -0.298 e. The van der Waals surface area contributed by atoms with Gasteiger partial charge in [0.1, 0.15) is 0 Å². The number of hydrogen-bond acceptors (Lipinski definition) is 6. The minimum absolute atomic E-state index is 0.167. The standard InChI is InChI=1S/C21H26N4O4/c1-16-18(6-3-8-20(16)24(26)27)14-22-10-5-11-23(13-12-22)15-19-7-4-9-21(17(19)2)25(28)29/h3-4,6-9H,5,10-15H2,1-2H3. The third-order valence-corrected chi connectivity index (χ3v) is 5.70. The molecule has 0 aliphatic carbocycles. The highest BCUT2D eigenvalue weighted by Crippen LogP contribution is 2.24. The van der Waals surface area contributed by atoms with Gasteiger partial charge in [0.05, 0.1) is 9.85 Å². The quantitative estimate of drug-likeness (QED) is 0.542. The Morgan fingerprint density at radius 2 is 1.17 bits per heavy atom. The van der Waals surface area contributed by atoms with Gasteiger partial charge in [0.2, 0.25) is 0 Å². The summed E-state index contributed by atoms with van der Waals surface area (Å²) in [5.41, 5.74) is 3.76. The fourth-order valence-electron chi connectivity index (χ4n) is 3.90. The highest BCUT2D eigenvalue weighted by Gasteiger charge is 2.20. The highest BCUT2D eigenvalue weighted by atomic mass is 16.6. The molecule has 0 N–H and O–H groups in total. The predicted molar refractivity (Wildman–Crippen MR) is 111 cm³/mol. The summed E-state index contributed by atoms with van der Waals surface area (Å²) in [6.45, 7) is 8.56. The monoisotopic (exact) mass is 398 g/mol. The highest BCUT2D eigenvalue weighted by molar-refractivity contribution is 5.45. The van der Waals surface area contributed by atoms with Crippen LogP contribution in [0.15, 0.2) is 36.4 Å². The van der Waals surface area contributed by atoms with Crippen molar-refractivity contribution in [3.8, 4) is 0 Å². The van der Waals surface area contributed by atoms with Crippen molar-refractivity contribution in [2.75, 3.05) is 26.2 Å². The van der Waals surface area contributed by atoms with Crippen LogP contribution in [0.3, 0.4) is 0 Å². The van der Waals surface area contributed by atoms with Crippen LogP contribution in [0.1, 0.15) is 28.7 Å². The molecule has 1 aliphatic heterocycles. The molecule has 0 atom stereocenters. The van der Waals surface area contributed by atoms with Crippen LogP contribution in [0.4, 0.5) is 11.4 Å². The van der Waals surface area contributed by atoms with E-state index in [4.69, 9.17) is 0 Å². The van der Waals surface area contributed by atoms with Gasteiger partial charge in [0.15, 0.2) is 0 Å². The number of hydrogen-bond donors (Lipinski definition) is 0. The molecule has 1 aliphatic rings. The Morgan fingerprint density at radius 3 is 1.55 bits per heavy atom. The Kier molecular flexibility index (Phi) is 6.56. The van der Waals surface area contributed by atoms with E-state index in [2.05, 4.69) is 9.80 Å². The molecular weight excluding hydrogens is 372 g/mol. The summed E-state index contributed by atoms with van der Waals surface area (Å²) in [7, 11) is 0. The molecule has 0 unspecified atom stereocenters. The largest absolute Gasteiger partial charge is 0.298 e. The predicted octanol–water partition coefficient (Wildman–Crippen LogP) is 3.83.